The van der Waals surface area contributed by atoms with E-state index in [4.69, 9.17) is 4.74 Å². The van der Waals surface area contributed by atoms with E-state index >= 15 is 0 Å². The number of fused-ring (bicyclic) bond motifs is 1. The predicted octanol–water partition coefficient (Wildman–Crippen LogP) is 0.907. The molecule has 3 heterocycles. The fourth-order valence-electron chi connectivity index (χ4n) is 2.59. The Balaban J connectivity index is 1.81. The third-order valence-corrected chi connectivity index (χ3v) is 3.63. The average molecular weight is 287 g/mol. The van der Waals surface area contributed by atoms with E-state index in [1.54, 1.807) is 30.5 Å². The first-order valence-electron chi connectivity index (χ1n) is 6.86. The van der Waals surface area contributed by atoms with E-state index in [-0.39, 0.29) is 11.9 Å². The molecule has 0 N–H and O–H groups in total. The molecule has 1 unspecified atom stereocenters. The van der Waals surface area contributed by atoms with Gasteiger partial charge in [-0.25, -0.2) is 9.97 Å². The Morgan fingerprint density at radius 1 is 1.43 bits per heavy atom. The highest BCUT2D eigenvalue weighted by molar-refractivity contribution is 5.92. The maximum Gasteiger partial charge on any atom is 0.272 e. The van der Waals surface area contributed by atoms with Crippen molar-refractivity contribution in [2.75, 3.05) is 20.3 Å². The molecule has 7 heteroatoms. The quantitative estimate of drug-likeness (QED) is 0.835. The van der Waals surface area contributed by atoms with Crippen LogP contribution in [0.5, 0.6) is 0 Å². The van der Waals surface area contributed by atoms with Crippen LogP contribution in [0.25, 0.3) is 0 Å². The van der Waals surface area contributed by atoms with E-state index in [2.05, 4.69) is 15.1 Å². The number of hydrogen-bond acceptors (Lipinski definition) is 5. The summed E-state index contributed by atoms with van der Waals surface area (Å²) in [7, 11) is 1.68. The third kappa shape index (κ3) is 2.78. The molecule has 0 saturated heterocycles. The molecule has 0 aromatic carbocycles. The van der Waals surface area contributed by atoms with Gasteiger partial charge in [0.05, 0.1) is 18.3 Å². The standard InChI is InChI=1S/C14H17N5O2/c1-21-7-4-12-9-18(8-11-2-6-17-19(11)12)14(20)13-3-5-15-10-16-13/h2-3,5-6,10,12H,4,7-9H2,1H3. The third-order valence-electron chi connectivity index (χ3n) is 3.63. The molecule has 0 spiro atoms. The lowest BCUT2D eigenvalue weighted by molar-refractivity contribution is 0.0635. The average Bonchev–Trinajstić information content (AvgIpc) is 3.01. The minimum Gasteiger partial charge on any atom is -0.385 e. The summed E-state index contributed by atoms with van der Waals surface area (Å²) in [4.78, 5) is 22.2. The first-order chi connectivity index (χ1) is 10.3. The van der Waals surface area contributed by atoms with E-state index in [9.17, 15) is 4.79 Å². The Bertz CT molecular complexity index is 613. The lowest BCUT2D eigenvalue weighted by Gasteiger charge is -2.33. The highest BCUT2D eigenvalue weighted by atomic mass is 16.5. The smallest absolute Gasteiger partial charge is 0.272 e. The van der Waals surface area contributed by atoms with Gasteiger partial charge in [0, 0.05) is 32.7 Å². The Morgan fingerprint density at radius 2 is 2.33 bits per heavy atom. The molecule has 0 radical (unpaired) electrons. The van der Waals surface area contributed by atoms with E-state index in [1.165, 1.54) is 6.33 Å². The van der Waals surface area contributed by atoms with Gasteiger partial charge >= 0.3 is 0 Å². The number of ether oxygens (including phenoxy) is 1. The van der Waals surface area contributed by atoms with Crippen molar-refractivity contribution in [3.63, 3.8) is 0 Å². The van der Waals surface area contributed by atoms with Gasteiger partial charge in [-0.1, -0.05) is 0 Å². The summed E-state index contributed by atoms with van der Waals surface area (Å²) in [6.07, 6.45) is 5.56. The molecular formula is C14H17N5O2. The van der Waals surface area contributed by atoms with Crippen molar-refractivity contribution in [2.24, 2.45) is 0 Å². The molecular weight excluding hydrogens is 270 g/mol. The van der Waals surface area contributed by atoms with Gasteiger partial charge < -0.3 is 9.64 Å². The summed E-state index contributed by atoms with van der Waals surface area (Å²) < 4.78 is 7.14. The number of nitrogens with zero attached hydrogens (tertiary/aromatic N) is 5. The van der Waals surface area contributed by atoms with Gasteiger partial charge in [0.15, 0.2) is 0 Å². The van der Waals surface area contributed by atoms with Crippen LogP contribution in [0.15, 0.2) is 30.9 Å². The Morgan fingerprint density at radius 3 is 3.10 bits per heavy atom. The second-order valence-electron chi connectivity index (χ2n) is 4.98. The van der Waals surface area contributed by atoms with Gasteiger partial charge in [-0.2, -0.15) is 5.10 Å². The van der Waals surface area contributed by atoms with Crippen LogP contribution in [0.4, 0.5) is 0 Å². The molecule has 0 bridgehead atoms. The minimum atomic E-state index is -0.0766. The Hall–Kier alpha value is -2.28. The summed E-state index contributed by atoms with van der Waals surface area (Å²) in [5.74, 6) is -0.0766. The van der Waals surface area contributed by atoms with Gasteiger partial charge in [-0.15, -0.1) is 0 Å². The maximum absolute atomic E-state index is 12.5. The van der Waals surface area contributed by atoms with Gasteiger partial charge in [0.25, 0.3) is 5.91 Å². The van der Waals surface area contributed by atoms with Gasteiger partial charge in [0.2, 0.25) is 0 Å². The molecule has 0 saturated carbocycles. The molecule has 0 fully saturated rings. The maximum atomic E-state index is 12.5. The topological polar surface area (TPSA) is 73.1 Å². The van der Waals surface area contributed by atoms with Gasteiger partial charge in [0.1, 0.15) is 12.0 Å². The van der Waals surface area contributed by atoms with Crippen molar-refractivity contribution >= 4 is 5.91 Å². The highest BCUT2D eigenvalue weighted by Gasteiger charge is 2.29. The van der Waals surface area contributed by atoms with Crippen molar-refractivity contribution in [1.29, 1.82) is 0 Å². The van der Waals surface area contributed by atoms with E-state index in [1.807, 2.05) is 10.7 Å². The monoisotopic (exact) mass is 287 g/mol. The first-order valence-corrected chi connectivity index (χ1v) is 6.86. The number of rotatable bonds is 4. The normalized spacial score (nSPS) is 17.6. The van der Waals surface area contributed by atoms with Crippen LogP contribution in [-0.4, -0.2) is 50.8 Å². The summed E-state index contributed by atoms with van der Waals surface area (Å²) in [5, 5.41) is 4.36. The molecule has 2 aromatic rings. The van der Waals surface area contributed by atoms with E-state index in [0.717, 1.165) is 12.1 Å². The molecule has 110 valence electrons. The number of methoxy groups -OCH3 is 1. The van der Waals surface area contributed by atoms with Crippen LogP contribution in [0.3, 0.4) is 0 Å². The van der Waals surface area contributed by atoms with Crippen LogP contribution in [0.2, 0.25) is 0 Å². The van der Waals surface area contributed by atoms with Crippen LogP contribution in [0.1, 0.15) is 28.6 Å². The van der Waals surface area contributed by atoms with Crippen LogP contribution < -0.4 is 0 Å². The second kappa shape index (κ2) is 6.01. The summed E-state index contributed by atoms with van der Waals surface area (Å²) in [6.45, 7) is 1.80. The Kier molecular flexibility index (Phi) is 3.92. The lowest BCUT2D eigenvalue weighted by atomic mass is 10.1. The Labute approximate surface area is 122 Å². The zero-order valence-corrected chi connectivity index (χ0v) is 11.8. The highest BCUT2D eigenvalue weighted by Crippen LogP contribution is 2.23. The van der Waals surface area contributed by atoms with Crippen molar-refractivity contribution in [1.82, 2.24) is 24.6 Å². The largest absolute Gasteiger partial charge is 0.385 e. The SMILES string of the molecule is COCCC1CN(C(=O)c2ccncn2)Cc2ccnn21. The molecule has 1 amide bonds. The van der Waals surface area contributed by atoms with Crippen LogP contribution in [-0.2, 0) is 11.3 Å². The molecule has 3 rings (SSSR count). The summed E-state index contributed by atoms with van der Waals surface area (Å²) >= 11 is 0. The number of hydrogen-bond donors (Lipinski definition) is 0. The summed E-state index contributed by atoms with van der Waals surface area (Å²) in [5.41, 5.74) is 1.45. The predicted molar refractivity (Wildman–Crippen MR) is 74.5 cm³/mol. The van der Waals surface area contributed by atoms with E-state index < -0.39 is 0 Å². The zero-order chi connectivity index (χ0) is 14.7. The molecule has 1 atom stereocenters. The van der Waals surface area contributed by atoms with Gasteiger partial charge in [-0.05, 0) is 18.6 Å². The molecule has 7 nitrogen and oxygen atoms in total. The minimum absolute atomic E-state index is 0.0766. The van der Waals surface area contributed by atoms with Crippen LogP contribution >= 0.6 is 0 Å². The number of carbonyl (C=O) groups excluding carboxylic acids is 1. The molecule has 2 aromatic heterocycles. The van der Waals surface area contributed by atoms with Crippen molar-refractivity contribution in [3.8, 4) is 0 Å². The number of aromatic nitrogens is 4. The van der Waals surface area contributed by atoms with Gasteiger partial charge in [-0.3, -0.25) is 9.48 Å². The fraction of sp³-hybridized carbons (Fsp3) is 0.429. The first kappa shape index (κ1) is 13.7. The lowest BCUT2D eigenvalue weighted by Crippen LogP contribution is -2.41. The molecule has 1 aliphatic heterocycles. The number of carbonyl (C=O) groups is 1. The zero-order valence-electron chi connectivity index (χ0n) is 11.8. The van der Waals surface area contributed by atoms with Crippen LogP contribution in [0, 0.1) is 0 Å². The molecule has 1 aliphatic rings. The van der Waals surface area contributed by atoms with E-state index in [0.29, 0.717) is 25.4 Å². The number of amides is 1. The molecule has 21 heavy (non-hydrogen) atoms. The summed E-state index contributed by atoms with van der Waals surface area (Å²) in [6, 6.07) is 3.71. The van der Waals surface area contributed by atoms with Crippen molar-refractivity contribution < 1.29 is 9.53 Å². The molecule has 0 aliphatic carbocycles. The second-order valence-corrected chi connectivity index (χ2v) is 4.98. The van der Waals surface area contributed by atoms with Crippen molar-refractivity contribution in [3.05, 3.63) is 42.2 Å². The van der Waals surface area contributed by atoms with Crippen molar-refractivity contribution in [2.45, 2.75) is 19.0 Å². The fourth-order valence-corrected chi connectivity index (χ4v) is 2.59.